The van der Waals surface area contributed by atoms with Gasteiger partial charge in [-0.3, -0.25) is 0 Å². The maximum atomic E-state index is 9.71. The summed E-state index contributed by atoms with van der Waals surface area (Å²) in [5, 5.41) is 9.71. The molecule has 0 spiro atoms. The average Bonchev–Trinajstić information content (AvgIpc) is 2.35. The summed E-state index contributed by atoms with van der Waals surface area (Å²) >= 11 is 0. The fourth-order valence-corrected chi connectivity index (χ4v) is 1.79. The lowest BCUT2D eigenvalue weighted by Gasteiger charge is -2.36. The van der Waals surface area contributed by atoms with Crippen LogP contribution in [0.25, 0.3) is 0 Å². The molecule has 1 saturated heterocycles. The van der Waals surface area contributed by atoms with E-state index in [1.807, 2.05) is 13.8 Å². The van der Waals surface area contributed by atoms with Crippen LogP contribution in [-0.2, 0) is 14.2 Å². The zero-order valence-electron chi connectivity index (χ0n) is 10.9. The van der Waals surface area contributed by atoms with Gasteiger partial charge in [-0.15, -0.1) is 0 Å². The number of aliphatic hydroxyl groups excluding tert-OH is 1. The maximum absolute atomic E-state index is 9.71. The minimum Gasteiger partial charge on any atom is -0.388 e. The largest absolute Gasteiger partial charge is 0.388 e. The Hall–Kier alpha value is -0.200. The first-order chi connectivity index (χ1) is 8.08. The van der Waals surface area contributed by atoms with Crippen molar-refractivity contribution in [3.63, 3.8) is 0 Å². The molecule has 0 aliphatic carbocycles. The standard InChI is InChI=1S/C12H25NO4/c1-10(2)16-6-11(14)7-17-12(8-13)4-3-5-15-9-12/h10-11,14H,3-9,13H2,1-2H3. The normalized spacial score (nSPS) is 27.4. The lowest BCUT2D eigenvalue weighted by molar-refractivity contribution is -0.147. The molecule has 0 radical (unpaired) electrons. The second-order valence-electron chi connectivity index (χ2n) is 4.89. The van der Waals surface area contributed by atoms with E-state index in [1.54, 1.807) is 0 Å². The van der Waals surface area contributed by atoms with Crippen LogP contribution in [0.4, 0.5) is 0 Å². The van der Waals surface area contributed by atoms with Crippen LogP contribution in [0, 0.1) is 0 Å². The molecule has 2 atom stereocenters. The van der Waals surface area contributed by atoms with E-state index in [2.05, 4.69) is 0 Å². The van der Waals surface area contributed by atoms with Gasteiger partial charge in [0.1, 0.15) is 11.7 Å². The predicted molar refractivity (Wildman–Crippen MR) is 64.9 cm³/mol. The van der Waals surface area contributed by atoms with Gasteiger partial charge in [-0.25, -0.2) is 0 Å². The van der Waals surface area contributed by atoms with E-state index in [9.17, 15) is 5.11 Å². The van der Waals surface area contributed by atoms with Crippen LogP contribution < -0.4 is 5.73 Å². The summed E-state index contributed by atoms with van der Waals surface area (Å²) < 4.78 is 16.4. The second kappa shape index (κ2) is 7.28. The third-order valence-corrected chi connectivity index (χ3v) is 2.86. The third-order valence-electron chi connectivity index (χ3n) is 2.86. The van der Waals surface area contributed by atoms with E-state index >= 15 is 0 Å². The molecule has 0 aromatic carbocycles. The minimum absolute atomic E-state index is 0.117. The first-order valence-corrected chi connectivity index (χ1v) is 6.29. The molecule has 0 saturated carbocycles. The van der Waals surface area contributed by atoms with Gasteiger partial charge in [0.05, 0.1) is 25.9 Å². The van der Waals surface area contributed by atoms with E-state index in [4.69, 9.17) is 19.9 Å². The Balaban J connectivity index is 2.26. The van der Waals surface area contributed by atoms with Gasteiger partial charge in [0.2, 0.25) is 0 Å². The van der Waals surface area contributed by atoms with Crippen LogP contribution in [-0.4, -0.2) is 55.9 Å². The number of rotatable bonds is 7. The molecule has 2 unspecified atom stereocenters. The topological polar surface area (TPSA) is 73.9 Å². The summed E-state index contributed by atoms with van der Waals surface area (Å²) in [6.45, 7) is 6.11. The predicted octanol–water partition coefficient (Wildman–Crippen LogP) is 0.297. The zero-order chi connectivity index (χ0) is 12.7. The van der Waals surface area contributed by atoms with Crippen LogP contribution in [0.15, 0.2) is 0 Å². The Labute approximate surface area is 103 Å². The molecule has 5 nitrogen and oxygen atoms in total. The molecular weight excluding hydrogens is 222 g/mol. The monoisotopic (exact) mass is 247 g/mol. The molecule has 17 heavy (non-hydrogen) atoms. The van der Waals surface area contributed by atoms with Crippen LogP contribution >= 0.6 is 0 Å². The van der Waals surface area contributed by atoms with Gasteiger partial charge in [0, 0.05) is 13.2 Å². The maximum Gasteiger partial charge on any atom is 0.104 e. The summed E-state index contributed by atoms with van der Waals surface area (Å²) in [6.07, 6.45) is 1.35. The summed E-state index contributed by atoms with van der Waals surface area (Å²) in [4.78, 5) is 0. The van der Waals surface area contributed by atoms with Crippen molar-refractivity contribution in [3.8, 4) is 0 Å². The van der Waals surface area contributed by atoms with Gasteiger partial charge in [-0.2, -0.15) is 0 Å². The Morgan fingerprint density at radius 3 is 2.71 bits per heavy atom. The van der Waals surface area contributed by atoms with Crippen LogP contribution in [0.5, 0.6) is 0 Å². The summed E-state index contributed by atoms with van der Waals surface area (Å²) in [5.74, 6) is 0. The van der Waals surface area contributed by atoms with Crippen molar-refractivity contribution in [1.29, 1.82) is 0 Å². The summed E-state index contributed by atoms with van der Waals surface area (Å²) in [5.41, 5.74) is 5.31. The van der Waals surface area contributed by atoms with Crippen molar-refractivity contribution in [3.05, 3.63) is 0 Å². The van der Waals surface area contributed by atoms with Crippen molar-refractivity contribution in [2.75, 3.05) is 33.0 Å². The number of ether oxygens (including phenoxy) is 3. The molecule has 1 aliphatic heterocycles. The molecule has 1 aliphatic rings. The summed E-state index contributed by atoms with van der Waals surface area (Å²) in [6, 6.07) is 0. The van der Waals surface area contributed by atoms with Gasteiger partial charge in [0.15, 0.2) is 0 Å². The molecule has 0 bridgehead atoms. The average molecular weight is 247 g/mol. The summed E-state index contributed by atoms with van der Waals surface area (Å²) in [7, 11) is 0. The van der Waals surface area contributed by atoms with Gasteiger partial charge >= 0.3 is 0 Å². The Kier molecular flexibility index (Phi) is 6.37. The molecular formula is C12H25NO4. The minimum atomic E-state index is -0.609. The molecule has 1 fully saturated rings. The van der Waals surface area contributed by atoms with E-state index in [0.717, 1.165) is 19.4 Å². The van der Waals surface area contributed by atoms with E-state index in [1.165, 1.54) is 0 Å². The first kappa shape index (κ1) is 14.9. The molecule has 3 N–H and O–H groups in total. The fraction of sp³-hybridized carbons (Fsp3) is 1.00. The highest BCUT2D eigenvalue weighted by Gasteiger charge is 2.33. The molecule has 5 heteroatoms. The van der Waals surface area contributed by atoms with E-state index in [-0.39, 0.29) is 12.7 Å². The van der Waals surface area contributed by atoms with Crippen LogP contribution in [0.3, 0.4) is 0 Å². The highest BCUT2D eigenvalue weighted by atomic mass is 16.6. The Morgan fingerprint density at radius 1 is 1.41 bits per heavy atom. The zero-order valence-corrected chi connectivity index (χ0v) is 10.9. The Morgan fingerprint density at radius 2 is 2.18 bits per heavy atom. The number of hydrogen-bond acceptors (Lipinski definition) is 5. The number of hydrogen-bond donors (Lipinski definition) is 2. The van der Waals surface area contributed by atoms with Crippen LogP contribution in [0.2, 0.25) is 0 Å². The van der Waals surface area contributed by atoms with Gasteiger partial charge < -0.3 is 25.1 Å². The van der Waals surface area contributed by atoms with E-state index < -0.39 is 11.7 Å². The second-order valence-corrected chi connectivity index (χ2v) is 4.89. The van der Waals surface area contributed by atoms with E-state index in [0.29, 0.717) is 19.8 Å². The molecule has 1 rings (SSSR count). The molecule has 102 valence electrons. The quantitative estimate of drug-likeness (QED) is 0.676. The molecule has 0 aromatic heterocycles. The first-order valence-electron chi connectivity index (χ1n) is 6.29. The molecule has 1 heterocycles. The number of aliphatic hydroxyl groups is 1. The highest BCUT2D eigenvalue weighted by Crippen LogP contribution is 2.22. The fourth-order valence-electron chi connectivity index (χ4n) is 1.79. The smallest absolute Gasteiger partial charge is 0.104 e. The van der Waals surface area contributed by atoms with Crippen molar-refractivity contribution in [1.82, 2.24) is 0 Å². The van der Waals surface area contributed by atoms with Crippen LogP contribution in [0.1, 0.15) is 26.7 Å². The van der Waals surface area contributed by atoms with Gasteiger partial charge in [0.25, 0.3) is 0 Å². The van der Waals surface area contributed by atoms with Gasteiger partial charge in [-0.1, -0.05) is 0 Å². The third kappa shape index (κ3) is 5.31. The number of nitrogens with two attached hydrogens (primary N) is 1. The highest BCUT2D eigenvalue weighted by molar-refractivity contribution is 4.84. The molecule has 0 aromatic rings. The van der Waals surface area contributed by atoms with Crippen molar-refractivity contribution in [2.45, 2.75) is 44.5 Å². The van der Waals surface area contributed by atoms with Gasteiger partial charge in [-0.05, 0) is 26.7 Å². The lowest BCUT2D eigenvalue weighted by Crippen LogP contribution is -2.49. The van der Waals surface area contributed by atoms with Crippen molar-refractivity contribution < 1.29 is 19.3 Å². The molecule has 0 amide bonds. The van der Waals surface area contributed by atoms with Crippen molar-refractivity contribution in [2.24, 2.45) is 5.73 Å². The Bertz CT molecular complexity index is 205. The lowest BCUT2D eigenvalue weighted by atomic mass is 9.96. The van der Waals surface area contributed by atoms with Crippen molar-refractivity contribution >= 4 is 0 Å². The SMILES string of the molecule is CC(C)OCC(O)COC1(CN)CCCOC1.